The molecule has 1 unspecified atom stereocenters. The van der Waals surface area contributed by atoms with Crippen molar-refractivity contribution in [1.82, 2.24) is 15.0 Å². The van der Waals surface area contributed by atoms with Gasteiger partial charge in [-0.25, -0.2) is 0 Å². The minimum Gasteiger partial charge on any atom is -0.463 e. The molecule has 1 aliphatic heterocycles. The minimum atomic E-state index is 0.422. The first-order valence-corrected chi connectivity index (χ1v) is 8.87. The highest BCUT2D eigenvalue weighted by Gasteiger charge is 2.22. The number of ether oxygens (including phenoxy) is 1. The molecule has 0 saturated carbocycles. The van der Waals surface area contributed by atoms with E-state index in [1.807, 2.05) is 11.8 Å². The van der Waals surface area contributed by atoms with Gasteiger partial charge in [0.25, 0.3) is 0 Å². The largest absolute Gasteiger partial charge is 0.463 e. The average Bonchev–Trinajstić information content (AvgIpc) is 2.51. The molecule has 0 amide bonds. The van der Waals surface area contributed by atoms with Gasteiger partial charge >= 0.3 is 6.01 Å². The number of anilines is 2. The van der Waals surface area contributed by atoms with E-state index in [1.165, 1.54) is 0 Å². The number of aromatic nitrogens is 3. The number of nitrogens with one attached hydrogen (secondary N) is 1. The van der Waals surface area contributed by atoms with Gasteiger partial charge in [-0.05, 0) is 19.8 Å². The lowest BCUT2D eigenvalue weighted by molar-refractivity contribution is 0.291. The Morgan fingerprint density at radius 1 is 1.29 bits per heavy atom. The number of nitrogens with zero attached hydrogens (tertiary/aromatic N) is 4. The normalized spacial score (nSPS) is 18.6. The van der Waals surface area contributed by atoms with E-state index < -0.39 is 0 Å². The van der Waals surface area contributed by atoms with Crippen molar-refractivity contribution in [2.24, 2.45) is 0 Å². The second kappa shape index (κ2) is 8.26. The first-order valence-electron chi connectivity index (χ1n) is 7.71. The molecular formula is C14H25N5OS. The molecule has 1 N–H and O–H groups in total. The lowest BCUT2D eigenvalue weighted by Crippen LogP contribution is -2.41. The highest BCUT2D eigenvalue weighted by atomic mass is 32.2. The summed E-state index contributed by atoms with van der Waals surface area (Å²) in [5.41, 5.74) is 0. The van der Waals surface area contributed by atoms with E-state index in [0.29, 0.717) is 24.6 Å². The summed E-state index contributed by atoms with van der Waals surface area (Å²) < 4.78 is 5.61. The second-order valence-corrected chi connectivity index (χ2v) is 6.28. The molecule has 0 aromatic carbocycles. The van der Waals surface area contributed by atoms with Crippen molar-refractivity contribution in [3.8, 4) is 6.01 Å². The Kier molecular flexibility index (Phi) is 6.35. The summed E-state index contributed by atoms with van der Waals surface area (Å²) in [5.74, 6) is 3.55. The van der Waals surface area contributed by atoms with Crippen LogP contribution in [-0.4, -0.2) is 52.2 Å². The molecule has 1 saturated heterocycles. The summed E-state index contributed by atoms with van der Waals surface area (Å²) >= 11 is 1.98. The molecule has 7 heteroatoms. The molecule has 1 atom stereocenters. The predicted molar refractivity (Wildman–Crippen MR) is 88.5 cm³/mol. The van der Waals surface area contributed by atoms with Crippen molar-refractivity contribution in [2.45, 2.75) is 39.7 Å². The van der Waals surface area contributed by atoms with Crippen LogP contribution in [-0.2, 0) is 0 Å². The molecule has 2 rings (SSSR count). The second-order valence-electron chi connectivity index (χ2n) is 5.13. The molecule has 1 aliphatic rings. The van der Waals surface area contributed by atoms with Crippen molar-refractivity contribution in [3.63, 3.8) is 0 Å². The Bertz CT molecular complexity index is 419. The van der Waals surface area contributed by atoms with Crippen LogP contribution >= 0.6 is 11.8 Å². The molecule has 118 valence electrons. The summed E-state index contributed by atoms with van der Waals surface area (Å²) in [6.07, 6.45) is 1.97. The van der Waals surface area contributed by atoms with E-state index in [1.54, 1.807) is 0 Å². The summed E-state index contributed by atoms with van der Waals surface area (Å²) in [7, 11) is 0. The van der Waals surface area contributed by atoms with Crippen LogP contribution in [0.2, 0.25) is 0 Å². The standard InChI is InChI=1S/C14H25N5OS/c1-4-6-15-12-16-13(18-14(17-12)20-8-5-2)19-7-9-21-10-11(19)3/h11H,4-10H2,1-3H3,(H,15,16,17,18). The predicted octanol–water partition coefficient (Wildman–Crippen LogP) is 2.42. The van der Waals surface area contributed by atoms with Crippen molar-refractivity contribution in [1.29, 1.82) is 0 Å². The number of rotatable bonds is 7. The van der Waals surface area contributed by atoms with Crippen LogP contribution in [0.1, 0.15) is 33.6 Å². The lowest BCUT2D eigenvalue weighted by atomic mass is 10.3. The van der Waals surface area contributed by atoms with E-state index in [0.717, 1.165) is 43.4 Å². The lowest BCUT2D eigenvalue weighted by Gasteiger charge is -2.33. The van der Waals surface area contributed by atoms with Crippen LogP contribution in [0.3, 0.4) is 0 Å². The topological polar surface area (TPSA) is 63.2 Å². The zero-order valence-corrected chi connectivity index (χ0v) is 13.9. The van der Waals surface area contributed by atoms with Crippen molar-refractivity contribution >= 4 is 23.7 Å². The molecule has 2 heterocycles. The Labute approximate surface area is 131 Å². The van der Waals surface area contributed by atoms with Gasteiger partial charge in [0, 0.05) is 30.6 Å². The van der Waals surface area contributed by atoms with Gasteiger partial charge in [0.05, 0.1) is 6.61 Å². The minimum absolute atomic E-state index is 0.422. The molecule has 0 aliphatic carbocycles. The van der Waals surface area contributed by atoms with Gasteiger partial charge in [0.2, 0.25) is 11.9 Å². The van der Waals surface area contributed by atoms with Crippen molar-refractivity contribution in [2.75, 3.05) is 41.4 Å². The molecular weight excluding hydrogens is 286 g/mol. The molecule has 0 radical (unpaired) electrons. The summed E-state index contributed by atoms with van der Waals surface area (Å²) in [5, 5.41) is 3.23. The Hall–Kier alpha value is -1.24. The van der Waals surface area contributed by atoms with E-state index in [9.17, 15) is 0 Å². The van der Waals surface area contributed by atoms with Crippen LogP contribution in [0.25, 0.3) is 0 Å². The van der Waals surface area contributed by atoms with Gasteiger partial charge in [-0.3, -0.25) is 0 Å². The zero-order valence-electron chi connectivity index (χ0n) is 13.1. The van der Waals surface area contributed by atoms with Gasteiger partial charge < -0.3 is 15.0 Å². The highest BCUT2D eigenvalue weighted by Crippen LogP contribution is 2.23. The zero-order chi connectivity index (χ0) is 15.1. The molecule has 21 heavy (non-hydrogen) atoms. The van der Waals surface area contributed by atoms with Crippen LogP contribution in [0, 0.1) is 0 Å². The maximum Gasteiger partial charge on any atom is 0.323 e. The maximum atomic E-state index is 5.61. The smallest absolute Gasteiger partial charge is 0.323 e. The maximum absolute atomic E-state index is 5.61. The molecule has 0 spiro atoms. The third-order valence-corrected chi connectivity index (χ3v) is 4.39. The summed E-state index contributed by atoms with van der Waals surface area (Å²) in [4.78, 5) is 15.6. The van der Waals surface area contributed by atoms with E-state index >= 15 is 0 Å². The van der Waals surface area contributed by atoms with Crippen LogP contribution in [0.5, 0.6) is 6.01 Å². The van der Waals surface area contributed by atoms with Crippen molar-refractivity contribution in [3.05, 3.63) is 0 Å². The first kappa shape index (κ1) is 16.1. The van der Waals surface area contributed by atoms with Gasteiger partial charge in [0.1, 0.15) is 0 Å². The SMILES string of the molecule is CCCNc1nc(OCCC)nc(N2CCSCC2C)n1. The summed E-state index contributed by atoms with van der Waals surface area (Å²) in [6, 6.07) is 0.857. The molecule has 1 aromatic rings. The Morgan fingerprint density at radius 2 is 2.14 bits per heavy atom. The monoisotopic (exact) mass is 311 g/mol. The first-order chi connectivity index (χ1) is 10.2. The van der Waals surface area contributed by atoms with Gasteiger partial charge in [-0.2, -0.15) is 26.7 Å². The van der Waals surface area contributed by atoms with Crippen LogP contribution < -0.4 is 15.0 Å². The van der Waals surface area contributed by atoms with E-state index in [-0.39, 0.29) is 0 Å². The van der Waals surface area contributed by atoms with Crippen molar-refractivity contribution < 1.29 is 4.74 Å². The van der Waals surface area contributed by atoms with E-state index in [2.05, 4.69) is 45.9 Å². The van der Waals surface area contributed by atoms with Gasteiger partial charge in [-0.1, -0.05) is 13.8 Å². The Balaban J connectivity index is 2.20. The number of hydrogen-bond acceptors (Lipinski definition) is 7. The van der Waals surface area contributed by atoms with Crippen LogP contribution in [0.4, 0.5) is 11.9 Å². The third kappa shape index (κ3) is 4.62. The van der Waals surface area contributed by atoms with E-state index in [4.69, 9.17) is 4.74 Å². The third-order valence-electron chi connectivity index (χ3n) is 3.20. The van der Waals surface area contributed by atoms with Crippen LogP contribution in [0.15, 0.2) is 0 Å². The van der Waals surface area contributed by atoms with Gasteiger partial charge in [0.15, 0.2) is 0 Å². The fourth-order valence-electron chi connectivity index (χ4n) is 2.07. The fourth-order valence-corrected chi connectivity index (χ4v) is 3.09. The Morgan fingerprint density at radius 3 is 2.86 bits per heavy atom. The number of thioether (sulfide) groups is 1. The molecule has 6 nitrogen and oxygen atoms in total. The van der Waals surface area contributed by atoms with Gasteiger partial charge in [-0.15, -0.1) is 0 Å². The quantitative estimate of drug-likeness (QED) is 0.829. The number of hydrogen-bond donors (Lipinski definition) is 1. The molecule has 1 fully saturated rings. The molecule has 0 bridgehead atoms. The molecule has 1 aromatic heterocycles. The highest BCUT2D eigenvalue weighted by molar-refractivity contribution is 7.99. The fraction of sp³-hybridized carbons (Fsp3) is 0.786. The average molecular weight is 311 g/mol. The summed E-state index contributed by atoms with van der Waals surface area (Å²) in [6.45, 7) is 8.85.